The molecule has 0 fully saturated rings. The lowest BCUT2D eigenvalue weighted by Crippen LogP contribution is -2.24. The van der Waals surface area contributed by atoms with Crippen molar-refractivity contribution in [1.82, 2.24) is 5.32 Å². The van der Waals surface area contributed by atoms with Crippen molar-refractivity contribution in [1.29, 1.82) is 0 Å². The van der Waals surface area contributed by atoms with Gasteiger partial charge in [0.25, 0.3) is 0 Å². The van der Waals surface area contributed by atoms with E-state index in [0.29, 0.717) is 11.3 Å². The Balaban J connectivity index is 1.76. The summed E-state index contributed by atoms with van der Waals surface area (Å²) in [5.41, 5.74) is -0.898. The molecule has 1 atom stereocenters. The second-order valence-corrected chi connectivity index (χ2v) is 7.73. The van der Waals surface area contributed by atoms with E-state index >= 15 is 0 Å². The summed E-state index contributed by atoms with van der Waals surface area (Å²) in [5.74, 6) is -2.55. The van der Waals surface area contributed by atoms with Crippen LogP contribution in [0.5, 0.6) is 11.5 Å². The lowest BCUT2D eigenvalue weighted by atomic mass is 10.00. The fraction of sp³-hybridized carbons (Fsp3) is 0.240. The summed E-state index contributed by atoms with van der Waals surface area (Å²) in [7, 11) is 1.42. The van der Waals surface area contributed by atoms with Crippen LogP contribution in [0.4, 0.5) is 22.0 Å². The van der Waals surface area contributed by atoms with Gasteiger partial charge >= 0.3 is 12.1 Å². The normalized spacial score (nSPS) is 12.3. The van der Waals surface area contributed by atoms with E-state index < -0.39 is 34.9 Å². The average Bonchev–Trinajstić information content (AvgIpc) is 2.80. The number of aromatic carboxylic acids is 1. The first-order valence-corrected chi connectivity index (χ1v) is 10.4. The highest BCUT2D eigenvalue weighted by molar-refractivity contribution is 5.89. The van der Waals surface area contributed by atoms with Gasteiger partial charge in [-0.1, -0.05) is 0 Å². The number of rotatable bonds is 9. The van der Waals surface area contributed by atoms with E-state index in [4.69, 9.17) is 14.6 Å². The minimum atomic E-state index is -4.71. The zero-order valence-electron chi connectivity index (χ0n) is 18.7. The molecule has 3 aromatic rings. The smallest absolute Gasteiger partial charge is 0.416 e. The molecule has 186 valence electrons. The minimum absolute atomic E-state index is 0.0267. The fourth-order valence-electron chi connectivity index (χ4n) is 3.41. The van der Waals surface area contributed by atoms with Crippen LogP contribution in [0, 0.1) is 11.6 Å². The molecular weight excluding hydrogens is 473 g/mol. The maximum atomic E-state index is 13.9. The number of hydrogen-bond donors (Lipinski definition) is 2. The largest absolute Gasteiger partial charge is 0.497 e. The van der Waals surface area contributed by atoms with Gasteiger partial charge in [-0.25, -0.2) is 13.6 Å². The van der Waals surface area contributed by atoms with Crippen molar-refractivity contribution in [3.05, 3.63) is 82.9 Å². The van der Waals surface area contributed by atoms with Gasteiger partial charge in [-0.2, -0.15) is 13.2 Å². The van der Waals surface area contributed by atoms with E-state index in [9.17, 15) is 26.7 Å². The van der Waals surface area contributed by atoms with Gasteiger partial charge in [0, 0.05) is 18.7 Å². The van der Waals surface area contributed by atoms with Crippen molar-refractivity contribution in [3.8, 4) is 22.6 Å². The van der Waals surface area contributed by atoms with Crippen LogP contribution in [0.2, 0.25) is 0 Å². The van der Waals surface area contributed by atoms with Gasteiger partial charge in [0.05, 0.1) is 18.2 Å². The molecule has 3 rings (SSSR count). The van der Waals surface area contributed by atoms with Crippen molar-refractivity contribution in [2.45, 2.75) is 19.1 Å². The minimum Gasteiger partial charge on any atom is -0.497 e. The molecule has 0 bridgehead atoms. The lowest BCUT2D eigenvalue weighted by Gasteiger charge is -2.17. The summed E-state index contributed by atoms with van der Waals surface area (Å²) >= 11 is 0. The second-order valence-electron chi connectivity index (χ2n) is 7.73. The van der Waals surface area contributed by atoms with E-state index in [1.165, 1.54) is 25.3 Å². The van der Waals surface area contributed by atoms with Crippen molar-refractivity contribution in [3.63, 3.8) is 0 Å². The molecule has 0 amide bonds. The van der Waals surface area contributed by atoms with Crippen LogP contribution >= 0.6 is 0 Å². The number of benzene rings is 3. The molecule has 0 heterocycles. The first kappa shape index (κ1) is 26.0. The Morgan fingerprint density at radius 2 is 1.63 bits per heavy atom. The van der Waals surface area contributed by atoms with E-state index in [1.54, 1.807) is 13.0 Å². The summed E-state index contributed by atoms with van der Waals surface area (Å²) in [5, 5.41) is 12.2. The molecule has 35 heavy (non-hydrogen) atoms. The van der Waals surface area contributed by atoms with Crippen molar-refractivity contribution < 1.29 is 41.3 Å². The maximum absolute atomic E-state index is 13.9. The van der Waals surface area contributed by atoms with Crippen LogP contribution < -0.4 is 14.8 Å². The molecule has 10 heteroatoms. The molecule has 0 aliphatic rings. The Kier molecular flexibility index (Phi) is 7.96. The van der Waals surface area contributed by atoms with Gasteiger partial charge < -0.3 is 19.9 Å². The van der Waals surface area contributed by atoms with E-state index in [0.717, 1.165) is 30.3 Å². The summed E-state index contributed by atoms with van der Waals surface area (Å²) in [6, 6.07) is 9.62. The number of carbonyl (C=O) groups is 1. The van der Waals surface area contributed by atoms with Gasteiger partial charge in [0.15, 0.2) is 0 Å². The number of ether oxygens (including phenoxy) is 2. The monoisotopic (exact) mass is 495 g/mol. The Morgan fingerprint density at radius 3 is 2.29 bits per heavy atom. The zero-order chi connectivity index (χ0) is 25.8. The molecule has 5 nitrogen and oxygen atoms in total. The van der Waals surface area contributed by atoms with E-state index in [-0.39, 0.29) is 36.1 Å². The predicted molar refractivity (Wildman–Crippen MR) is 119 cm³/mol. The third kappa shape index (κ3) is 6.92. The number of halogens is 5. The number of nitrogens with one attached hydrogen (secondary N) is 1. The standard InChI is InChI=1S/C25H22F5NO4/c1-14(15-7-21(27)13-22(10-15)34-2)31-3-4-35-23-11-17(6-19(12-23)25(28,29)30)16-5-18(24(32)33)9-20(26)8-16/h5-14,31H,3-4H2,1-2H3,(H,32,33). The van der Waals surface area contributed by atoms with Gasteiger partial charge in [-0.3, -0.25) is 0 Å². The molecule has 0 spiro atoms. The first-order valence-electron chi connectivity index (χ1n) is 10.4. The molecule has 0 aliphatic heterocycles. The number of alkyl halides is 3. The van der Waals surface area contributed by atoms with Crippen molar-refractivity contribution in [2.24, 2.45) is 0 Å². The quantitative estimate of drug-likeness (QED) is 0.278. The lowest BCUT2D eigenvalue weighted by molar-refractivity contribution is -0.137. The van der Waals surface area contributed by atoms with Gasteiger partial charge in [0.1, 0.15) is 29.7 Å². The first-order chi connectivity index (χ1) is 16.5. The third-order valence-corrected chi connectivity index (χ3v) is 5.16. The van der Waals surface area contributed by atoms with E-state index in [2.05, 4.69) is 5.32 Å². The van der Waals surface area contributed by atoms with E-state index in [1.807, 2.05) is 0 Å². The Labute approximate surface area is 198 Å². The Bertz CT molecular complexity index is 1210. The van der Waals surface area contributed by atoms with Gasteiger partial charge in [0.2, 0.25) is 0 Å². The zero-order valence-corrected chi connectivity index (χ0v) is 18.7. The molecule has 0 aromatic heterocycles. The van der Waals surface area contributed by atoms with Crippen LogP contribution in [0.1, 0.15) is 34.5 Å². The highest BCUT2D eigenvalue weighted by atomic mass is 19.4. The molecule has 0 radical (unpaired) electrons. The van der Waals surface area contributed by atoms with Gasteiger partial charge in [-0.05, 0) is 72.1 Å². The number of carboxylic acid groups (broad SMARTS) is 1. The average molecular weight is 495 g/mol. The van der Waals surface area contributed by atoms with Crippen LogP contribution in [0.3, 0.4) is 0 Å². The summed E-state index contributed by atoms with van der Waals surface area (Å²) in [4.78, 5) is 11.2. The third-order valence-electron chi connectivity index (χ3n) is 5.16. The van der Waals surface area contributed by atoms with Crippen molar-refractivity contribution >= 4 is 5.97 Å². The maximum Gasteiger partial charge on any atom is 0.416 e. The Hall–Kier alpha value is -3.66. The molecular formula is C25H22F5NO4. The highest BCUT2D eigenvalue weighted by Gasteiger charge is 2.31. The van der Waals surface area contributed by atoms with Crippen LogP contribution in [0.25, 0.3) is 11.1 Å². The van der Waals surface area contributed by atoms with Crippen LogP contribution in [0.15, 0.2) is 54.6 Å². The number of carboxylic acids is 1. The van der Waals surface area contributed by atoms with Crippen LogP contribution in [-0.4, -0.2) is 31.3 Å². The summed E-state index contributed by atoms with van der Waals surface area (Å²) in [6.45, 7) is 1.97. The van der Waals surface area contributed by atoms with Crippen LogP contribution in [-0.2, 0) is 6.18 Å². The molecule has 2 N–H and O–H groups in total. The highest BCUT2D eigenvalue weighted by Crippen LogP contribution is 2.36. The fourth-order valence-corrected chi connectivity index (χ4v) is 3.41. The van der Waals surface area contributed by atoms with Gasteiger partial charge in [-0.15, -0.1) is 0 Å². The summed E-state index contributed by atoms with van der Waals surface area (Å²) in [6.07, 6.45) is -4.71. The Morgan fingerprint density at radius 1 is 0.943 bits per heavy atom. The second kappa shape index (κ2) is 10.7. The molecule has 0 saturated carbocycles. The molecule has 1 unspecified atom stereocenters. The SMILES string of the molecule is COc1cc(F)cc(C(C)NCCOc2cc(-c3cc(F)cc(C(=O)O)c3)cc(C(F)(F)F)c2)c1. The number of hydrogen-bond acceptors (Lipinski definition) is 4. The topological polar surface area (TPSA) is 67.8 Å². The number of methoxy groups -OCH3 is 1. The summed E-state index contributed by atoms with van der Waals surface area (Å²) < 4.78 is 78.5. The van der Waals surface area contributed by atoms with Crippen molar-refractivity contribution in [2.75, 3.05) is 20.3 Å². The predicted octanol–water partition coefficient (Wildman–Crippen LogP) is 6.09. The molecule has 3 aromatic carbocycles. The molecule has 0 saturated heterocycles. The molecule has 0 aliphatic carbocycles.